The van der Waals surface area contributed by atoms with Crippen LogP contribution in [0.2, 0.25) is 0 Å². The van der Waals surface area contributed by atoms with E-state index in [-0.39, 0.29) is 5.91 Å². The van der Waals surface area contributed by atoms with Crippen LogP contribution in [0.1, 0.15) is 11.6 Å². The highest BCUT2D eigenvalue weighted by atomic mass is 16.3. The molecule has 6 heteroatoms. The van der Waals surface area contributed by atoms with Gasteiger partial charge in [0.1, 0.15) is 17.9 Å². The minimum Gasteiger partial charge on any atom is -0.465 e. The van der Waals surface area contributed by atoms with E-state index in [2.05, 4.69) is 20.5 Å². The molecule has 2 heterocycles. The molecule has 6 nitrogen and oxygen atoms in total. The smallest absolute Gasteiger partial charge is 0.244 e. The molecule has 17 heavy (non-hydrogen) atoms. The van der Waals surface area contributed by atoms with Gasteiger partial charge >= 0.3 is 0 Å². The van der Waals surface area contributed by atoms with Gasteiger partial charge in [0.15, 0.2) is 0 Å². The van der Waals surface area contributed by atoms with Crippen molar-refractivity contribution in [2.45, 2.75) is 6.42 Å². The first-order valence-corrected chi connectivity index (χ1v) is 5.18. The predicted molar refractivity (Wildman–Crippen MR) is 60.8 cm³/mol. The lowest BCUT2D eigenvalue weighted by Gasteiger charge is -1.98. The molecule has 0 bridgehead atoms. The van der Waals surface area contributed by atoms with Crippen LogP contribution in [0, 0.1) is 0 Å². The molecule has 0 saturated carbocycles. The van der Waals surface area contributed by atoms with Gasteiger partial charge in [0.25, 0.3) is 0 Å². The lowest BCUT2D eigenvalue weighted by atomic mass is 10.3. The maximum absolute atomic E-state index is 11.4. The summed E-state index contributed by atoms with van der Waals surface area (Å²) in [6.07, 6.45) is 6.67. The Morgan fingerprint density at radius 2 is 2.53 bits per heavy atom. The second kappa shape index (κ2) is 5.64. The third kappa shape index (κ3) is 3.60. The SMILES string of the molecule is O=C(C=Cc1ccco1)NCCc1ncn[nH]1. The van der Waals surface area contributed by atoms with Crippen LogP contribution in [0.3, 0.4) is 0 Å². The molecule has 2 N–H and O–H groups in total. The number of amides is 1. The van der Waals surface area contributed by atoms with Gasteiger partial charge in [0.2, 0.25) is 5.91 Å². The number of carbonyl (C=O) groups is 1. The first kappa shape index (κ1) is 11.1. The molecular formula is C11H12N4O2. The average molecular weight is 232 g/mol. The minimum absolute atomic E-state index is 0.166. The van der Waals surface area contributed by atoms with Crippen molar-refractivity contribution in [3.8, 4) is 0 Å². The molecule has 2 rings (SSSR count). The Kier molecular flexibility index (Phi) is 3.69. The van der Waals surface area contributed by atoms with Crippen LogP contribution in [0.4, 0.5) is 0 Å². The molecule has 0 radical (unpaired) electrons. The third-order valence-corrected chi connectivity index (χ3v) is 2.07. The van der Waals surface area contributed by atoms with Crippen molar-refractivity contribution in [3.63, 3.8) is 0 Å². The van der Waals surface area contributed by atoms with Crippen LogP contribution < -0.4 is 5.32 Å². The largest absolute Gasteiger partial charge is 0.465 e. The van der Waals surface area contributed by atoms with Crippen molar-refractivity contribution in [3.05, 3.63) is 42.4 Å². The zero-order valence-electron chi connectivity index (χ0n) is 9.09. The molecular weight excluding hydrogens is 220 g/mol. The van der Waals surface area contributed by atoms with Gasteiger partial charge in [-0.2, -0.15) is 5.10 Å². The Morgan fingerprint density at radius 3 is 3.24 bits per heavy atom. The zero-order chi connectivity index (χ0) is 11.9. The van der Waals surface area contributed by atoms with Crippen molar-refractivity contribution < 1.29 is 9.21 Å². The molecule has 0 aliphatic carbocycles. The molecule has 0 saturated heterocycles. The predicted octanol–water partition coefficient (Wildman–Crippen LogP) is 0.770. The number of hydrogen-bond donors (Lipinski definition) is 2. The fourth-order valence-corrected chi connectivity index (χ4v) is 1.26. The van der Waals surface area contributed by atoms with Crippen LogP contribution >= 0.6 is 0 Å². The number of nitrogens with one attached hydrogen (secondary N) is 2. The van der Waals surface area contributed by atoms with E-state index in [1.807, 2.05) is 0 Å². The van der Waals surface area contributed by atoms with E-state index in [1.54, 1.807) is 24.5 Å². The van der Waals surface area contributed by atoms with Gasteiger partial charge < -0.3 is 9.73 Å². The van der Waals surface area contributed by atoms with Gasteiger partial charge in [-0.25, -0.2) is 4.98 Å². The maximum Gasteiger partial charge on any atom is 0.244 e. The van der Waals surface area contributed by atoms with Crippen LogP contribution in [-0.2, 0) is 11.2 Å². The van der Waals surface area contributed by atoms with E-state index in [9.17, 15) is 4.79 Å². The summed E-state index contributed by atoms with van der Waals surface area (Å²) in [5.41, 5.74) is 0. The van der Waals surface area contributed by atoms with Crippen LogP contribution in [-0.4, -0.2) is 27.6 Å². The summed E-state index contributed by atoms with van der Waals surface area (Å²) in [4.78, 5) is 15.3. The van der Waals surface area contributed by atoms with Gasteiger partial charge in [-0.1, -0.05) is 0 Å². The summed E-state index contributed by atoms with van der Waals surface area (Å²) in [5.74, 6) is 1.23. The Morgan fingerprint density at radius 1 is 1.59 bits per heavy atom. The summed E-state index contributed by atoms with van der Waals surface area (Å²) in [6, 6.07) is 3.54. The summed E-state index contributed by atoms with van der Waals surface area (Å²) in [6.45, 7) is 0.510. The zero-order valence-corrected chi connectivity index (χ0v) is 9.09. The van der Waals surface area contributed by atoms with E-state index < -0.39 is 0 Å². The number of rotatable bonds is 5. The molecule has 1 amide bonds. The van der Waals surface area contributed by atoms with E-state index >= 15 is 0 Å². The Hall–Kier alpha value is -2.37. The van der Waals surface area contributed by atoms with Crippen molar-refractivity contribution in [2.24, 2.45) is 0 Å². The Bertz CT molecular complexity index is 474. The van der Waals surface area contributed by atoms with E-state index in [4.69, 9.17) is 4.42 Å². The van der Waals surface area contributed by atoms with Gasteiger partial charge in [0, 0.05) is 19.0 Å². The lowest BCUT2D eigenvalue weighted by molar-refractivity contribution is -0.116. The van der Waals surface area contributed by atoms with Crippen molar-refractivity contribution in [1.82, 2.24) is 20.5 Å². The highest BCUT2D eigenvalue weighted by molar-refractivity contribution is 5.91. The maximum atomic E-state index is 11.4. The molecule has 0 unspecified atom stereocenters. The summed E-state index contributed by atoms with van der Waals surface area (Å²) >= 11 is 0. The number of carbonyl (C=O) groups excluding carboxylic acids is 1. The van der Waals surface area contributed by atoms with Crippen LogP contribution in [0.5, 0.6) is 0 Å². The van der Waals surface area contributed by atoms with Crippen LogP contribution in [0.25, 0.3) is 6.08 Å². The third-order valence-electron chi connectivity index (χ3n) is 2.07. The number of aromatic amines is 1. The second-order valence-electron chi connectivity index (χ2n) is 3.32. The summed E-state index contributed by atoms with van der Waals surface area (Å²) < 4.78 is 5.06. The van der Waals surface area contributed by atoms with Crippen LogP contribution in [0.15, 0.2) is 35.2 Å². The highest BCUT2D eigenvalue weighted by Crippen LogP contribution is 2.01. The first-order valence-electron chi connectivity index (χ1n) is 5.18. The van der Waals surface area contributed by atoms with Gasteiger partial charge in [-0.15, -0.1) is 0 Å². The topological polar surface area (TPSA) is 83.8 Å². The molecule has 0 aromatic carbocycles. The van der Waals surface area contributed by atoms with E-state index in [0.717, 1.165) is 5.82 Å². The van der Waals surface area contributed by atoms with E-state index in [1.165, 1.54) is 12.4 Å². The number of hydrogen-bond acceptors (Lipinski definition) is 4. The second-order valence-corrected chi connectivity index (χ2v) is 3.32. The van der Waals surface area contributed by atoms with Gasteiger partial charge in [-0.3, -0.25) is 9.89 Å². The van der Waals surface area contributed by atoms with Crippen molar-refractivity contribution >= 4 is 12.0 Å². The summed E-state index contributed by atoms with van der Waals surface area (Å²) in [7, 11) is 0. The quantitative estimate of drug-likeness (QED) is 0.746. The molecule has 88 valence electrons. The highest BCUT2D eigenvalue weighted by Gasteiger charge is 1.98. The fourth-order valence-electron chi connectivity index (χ4n) is 1.26. The Labute approximate surface area is 97.7 Å². The minimum atomic E-state index is -0.166. The molecule has 0 atom stereocenters. The first-order chi connectivity index (χ1) is 8.34. The fraction of sp³-hybridized carbons (Fsp3) is 0.182. The molecule has 2 aromatic rings. The van der Waals surface area contributed by atoms with Crippen molar-refractivity contribution in [2.75, 3.05) is 6.54 Å². The monoisotopic (exact) mass is 232 g/mol. The van der Waals surface area contributed by atoms with Gasteiger partial charge in [-0.05, 0) is 18.2 Å². The molecule has 0 fully saturated rings. The number of H-pyrrole nitrogens is 1. The van der Waals surface area contributed by atoms with Crippen molar-refractivity contribution in [1.29, 1.82) is 0 Å². The van der Waals surface area contributed by atoms with Gasteiger partial charge in [0.05, 0.1) is 6.26 Å². The Balaban J connectivity index is 1.71. The van der Waals surface area contributed by atoms with E-state index in [0.29, 0.717) is 18.7 Å². The number of nitrogens with zero attached hydrogens (tertiary/aromatic N) is 2. The molecule has 0 aliphatic rings. The molecule has 2 aromatic heterocycles. The number of furan rings is 1. The standard InChI is InChI=1S/C11H12N4O2/c16-11(4-3-9-2-1-7-17-9)12-6-5-10-13-8-14-15-10/h1-4,7-8H,5-6H2,(H,12,16)(H,13,14,15). The average Bonchev–Trinajstić information content (AvgIpc) is 2.99. The molecule has 0 aliphatic heterocycles. The summed E-state index contributed by atoms with van der Waals surface area (Å²) in [5, 5.41) is 9.16. The molecule has 0 spiro atoms. The number of aromatic nitrogens is 3. The normalized spacial score (nSPS) is 10.8. The lowest BCUT2D eigenvalue weighted by Crippen LogP contribution is -2.23.